The third-order valence-electron chi connectivity index (χ3n) is 3.03. The number of allylic oxidation sites excluding steroid dienone is 1. The summed E-state index contributed by atoms with van der Waals surface area (Å²) in [5.41, 5.74) is 6.25. The fourth-order valence-corrected chi connectivity index (χ4v) is 1.82. The maximum Gasteiger partial charge on any atom is 0.320 e. The van der Waals surface area contributed by atoms with Gasteiger partial charge in [0.05, 0.1) is 13.0 Å². The van der Waals surface area contributed by atoms with Crippen molar-refractivity contribution >= 4 is 18.0 Å². The molecule has 0 amide bonds. The lowest BCUT2D eigenvalue weighted by molar-refractivity contribution is -0.143. The lowest BCUT2D eigenvalue weighted by Gasteiger charge is -2.12. The van der Waals surface area contributed by atoms with Gasteiger partial charge in [-0.05, 0) is 30.5 Å². The normalized spacial score (nSPS) is 13.8. The molecule has 0 heterocycles. The first kappa shape index (κ1) is 16.7. The predicted octanol–water partition coefficient (Wildman–Crippen LogP) is 1.60. The van der Waals surface area contributed by atoms with Crippen LogP contribution in [0.15, 0.2) is 30.3 Å². The highest BCUT2D eigenvalue weighted by atomic mass is 16.5. The van der Waals surface area contributed by atoms with Crippen LogP contribution in [0.1, 0.15) is 18.4 Å². The van der Waals surface area contributed by atoms with Crippen molar-refractivity contribution in [2.24, 2.45) is 11.7 Å². The second-order valence-corrected chi connectivity index (χ2v) is 4.63. The number of aliphatic carboxylic acids is 2. The first-order valence-electron chi connectivity index (χ1n) is 6.45. The van der Waals surface area contributed by atoms with Gasteiger partial charge in [0.1, 0.15) is 11.8 Å². The highest BCUT2D eigenvalue weighted by Gasteiger charge is 2.23. The minimum absolute atomic E-state index is 0.104. The molecule has 2 atom stereocenters. The number of carboxylic acid groups (broad SMARTS) is 2. The summed E-state index contributed by atoms with van der Waals surface area (Å²) in [7, 11) is 1.57. The van der Waals surface area contributed by atoms with Gasteiger partial charge in [-0.3, -0.25) is 9.59 Å². The summed E-state index contributed by atoms with van der Waals surface area (Å²) in [5.74, 6) is -2.36. The molecule has 1 aromatic carbocycles. The molecule has 0 unspecified atom stereocenters. The standard InChI is InChI=1S/C15H19NO5/c1-21-12-7-3-5-10(8-12)4-2-6-11(14(17)18)9-13(16)15(19)20/h2-5,7-8,11,13H,6,9,16H2,1H3,(H,17,18)(H,19,20)/b4-2+/t11-,13+/m1/s1. The van der Waals surface area contributed by atoms with E-state index in [0.717, 1.165) is 5.56 Å². The van der Waals surface area contributed by atoms with E-state index >= 15 is 0 Å². The van der Waals surface area contributed by atoms with Gasteiger partial charge in [-0.2, -0.15) is 0 Å². The molecular weight excluding hydrogens is 274 g/mol. The van der Waals surface area contributed by atoms with Crippen LogP contribution in [-0.4, -0.2) is 35.3 Å². The lowest BCUT2D eigenvalue weighted by Crippen LogP contribution is -2.34. The second kappa shape index (κ2) is 8.06. The van der Waals surface area contributed by atoms with E-state index in [4.69, 9.17) is 20.7 Å². The predicted molar refractivity (Wildman–Crippen MR) is 78.0 cm³/mol. The van der Waals surface area contributed by atoms with Gasteiger partial charge in [0.25, 0.3) is 0 Å². The summed E-state index contributed by atoms with van der Waals surface area (Å²) in [6, 6.07) is 6.14. The van der Waals surface area contributed by atoms with E-state index in [0.29, 0.717) is 5.75 Å². The molecule has 0 spiro atoms. The zero-order valence-corrected chi connectivity index (χ0v) is 11.7. The van der Waals surface area contributed by atoms with E-state index in [1.54, 1.807) is 19.3 Å². The molecule has 0 radical (unpaired) electrons. The average molecular weight is 293 g/mol. The molecule has 1 aromatic rings. The number of nitrogens with two attached hydrogens (primary N) is 1. The third-order valence-corrected chi connectivity index (χ3v) is 3.03. The monoisotopic (exact) mass is 293 g/mol. The second-order valence-electron chi connectivity index (χ2n) is 4.63. The van der Waals surface area contributed by atoms with Crippen molar-refractivity contribution in [2.45, 2.75) is 18.9 Å². The van der Waals surface area contributed by atoms with Crippen molar-refractivity contribution in [3.05, 3.63) is 35.9 Å². The minimum Gasteiger partial charge on any atom is -0.497 e. The number of methoxy groups -OCH3 is 1. The van der Waals surface area contributed by atoms with E-state index < -0.39 is 23.9 Å². The van der Waals surface area contributed by atoms with Crippen LogP contribution >= 0.6 is 0 Å². The van der Waals surface area contributed by atoms with Gasteiger partial charge in [0.2, 0.25) is 0 Å². The molecule has 6 nitrogen and oxygen atoms in total. The van der Waals surface area contributed by atoms with Crippen molar-refractivity contribution in [1.82, 2.24) is 0 Å². The summed E-state index contributed by atoms with van der Waals surface area (Å²) in [6.07, 6.45) is 3.58. The fraction of sp³-hybridized carbons (Fsp3) is 0.333. The Morgan fingerprint density at radius 1 is 1.33 bits per heavy atom. The van der Waals surface area contributed by atoms with Crippen molar-refractivity contribution in [2.75, 3.05) is 7.11 Å². The Bertz CT molecular complexity index is 527. The van der Waals surface area contributed by atoms with Crippen LogP contribution in [0.5, 0.6) is 5.75 Å². The molecule has 114 valence electrons. The van der Waals surface area contributed by atoms with Gasteiger partial charge in [-0.25, -0.2) is 0 Å². The molecule has 1 rings (SSSR count). The fourth-order valence-electron chi connectivity index (χ4n) is 1.82. The molecular formula is C15H19NO5. The third kappa shape index (κ3) is 5.66. The summed E-state index contributed by atoms with van der Waals surface area (Å²) in [6.45, 7) is 0. The van der Waals surface area contributed by atoms with Crippen LogP contribution in [0, 0.1) is 5.92 Å². The molecule has 6 heteroatoms. The smallest absolute Gasteiger partial charge is 0.320 e. The number of hydrogen-bond acceptors (Lipinski definition) is 4. The maximum absolute atomic E-state index is 11.1. The molecule has 0 aromatic heterocycles. The number of carboxylic acids is 2. The summed E-state index contributed by atoms with van der Waals surface area (Å²) in [5, 5.41) is 17.8. The highest BCUT2D eigenvalue weighted by molar-refractivity contribution is 5.76. The van der Waals surface area contributed by atoms with E-state index in [9.17, 15) is 9.59 Å². The number of ether oxygens (including phenoxy) is 1. The van der Waals surface area contributed by atoms with Gasteiger partial charge in [0, 0.05) is 0 Å². The Kier molecular flexibility index (Phi) is 6.42. The van der Waals surface area contributed by atoms with Gasteiger partial charge in [-0.15, -0.1) is 0 Å². The Hall–Kier alpha value is -2.34. The number of carbonyl (C=O) groups is 2. The zero-order valence-electron chi connectivity index (χ0n) is 11.7. The van der Waals surface area contributed by atoms with Gasteiger partial charge >= 0.3 is 11.9 Å². The molecule has 0 fully saturated rings. The minimum atomic E-state index is -1.20. The Balaban J connectivity index is 2.65. The number of rotatable bonds is 8. The molecule has 0 aliphatic heterocycles. The van der Waals surface area contributed by atoms with Gasteiger partial charge < -0.3 is 20.7 Å². The van der Waals surface area contributed by atoms with Crippen LogP contribution in [0.2, 0.25) is 0 Å². The Morgan fingerprint density at radius 3 is 2.62 bits per heavy atom. The molecule has 4 N–H and O–H groups in total. The van der Waals surface area contributed by atoms with Crippen LogP contribution in [0.4, 0.5) is 0 Å². The number of hydrogen-bond donors (Lipinski definition) is 3. The summed E-state index contributed by atoms with van der Waals surface area (Å²) in [4.78, 5) is 21.8. The largest absolute Gasteiger partial charge is 0.497 e. The van der Waals surface area contributed by atoms with E-state index in [1.165, 1.54) is 0 Å². The van der Waals surface area contributed by atoms with Crippen molar-refractivity contribution in [3.8, 4) is 5.75 Å². The summed E-state index contributed by atoms with van der Waals surface area (Å²) >= 11 is 0. The first-order chi connectivity index (χ1) is 9.93. The van der Waals surface area contributed by atoms with Gasteiger partial charge in [-0.1, -0.05) is 24.3 Å². The lowest BCUT2D eigenvalue weighted by atomic mass is 9.96. The van der Waals surface area contributed by atoms with E-state index in [-0.39, 0.29) is 12.8 Å². The van der Waals surface area contributed by atoms with Crippen LogP contribution in [-0.2, 0) is 9.59 Å². The average Bonchev–Trinajstić information content (AvgIpc) is 2.45. The van der Waals surface area contributed by atoms with E-state index in [2.05, 4.69) is 0 Å². The highest BCUT2D eigenvalue weighted by Crippen LogP contribution is 2.16. The Morgan fingerprint density at radius 2 is 2.05 bits per heavy atom. The first-order valence-corrected chi connectivity index (χ1v) is 6.45. The molecule has 0 saturated carbocycles. The molecule has 0 aliphatic rings. The van der Waals surface area contributed by atoms with Crippen LogP contribution < -0.4 is 10.5 Å². The van der Waals surface area contributed by atoms with Crippen LogP contribution in [0.3, 0.4) is 0 Å². The van der Waals surface area contributed by atoms with Crippen molar-refractivity contribution < 1.29 is 24.5 Å². The molecule has 0 aliphatic carbocycles. The SMILES string of the molecule is COc1cccc(/C=C/C[C@H](C[C@H](N)C(=O)O)C(=O)O)c1. The quantitative estimate of drug-likeness (QED) is 0.671. The zero-order chi connectivity index (χ0) is 15.8. The molecule has 0 saturated heterocycles. The summed E-state index contributed by atoms with van der Waals surface area (Å²) < 4.78 is 5.09. The number of benzene rings is 1. The van der Waals surface area contributed by atoms with Gasteiger partial charge in [0.15, 0.2) is 0 Å². The van der Waals surface area contributed by atoms with Crippen LogP contribution in [0.25, 0.3) is 6.08 Å². The maximum atomic E-state index is 11.1. The van der Waals surface area contributed by atoms with Crippen molar-refractivity contribution in [3.63, 3.8) is 0 Å². The van der Waals surface area contributed by atoms with E-state index in [1.807, 2.05) is 24.3 Å². The molecule has 0 bridgehead atoms. The van der Waals surface area contributed by atoms with Crippen molar-refractivity contribution in [1.29, 1.82) is 0 Å². The Labute approximate surface area is 122 Å². The molecule has 21 heavy (non-hydrogen) atoms. The topological polar surface area (TPSA) is 110 Å².